The second kappa shape index (κ2) is 13.1. The van der Waals surface area contributed by atoms with E-state index in [1.165, 1.54) is 7.11 Å². The zero-order valence-corrected chi connectivity index (χ0v) is 24.4. The smallest absolute Gasteiger partial charge is 0.252 e. The Morgan fingerprint density at radius 3 is 2.30 bits per heavy atom. The summed E-state index contributed by atoms with van der Waals surface area (Å²) in [5.74, 6) is -0.774. The van der Waals surface area contributed by atoms with Crippen molar-refractivity contribution in [3.8, 4) is 0 Å². The lowest BCUT2D eigenvalue weighted by Gasteiger charge is -2.30. The van der Waals surface area contributed by atoms with Crippen molar-refractivity contribution in [1.82, 2.24) is 15.1 Å². The van der Waals surface area contributed by atoms with Gasteiger partial charge in [-0.1, -0.05) is 34.1 Å². The first kappa shape index (κ1) is 30.0. The summed E-state index contributed by atoms with van der Waals surface area (Å²) in [7, 11) is 1.52. The number of ether oxygens (including phenoxy) is 2. The number of rotatable bonds is 10. The molecule has 3 saturated heterocycles. The molecule has 1 aromatic carbocycles. The summed E-state index contributed by atoms with van der Waals surface area (Å²) < 4.78 is 10.9. The standard InChI is InChI=1S/C30H44N4O6/c1-6-20(4)27(39-5)30(38)34-18-25(35)26-24(34)11-12-33(26)29(37)23(17-19(2)3)31-28(36)21-7-9-22(10-8-21)32-13-15-40-16-14-32/h7-10,19-20,23-24,26-27H,6,11-18H2,1-5H3,(H,31,36). The molecule has 3 aliphatic heterocycles. The first-order valence-electron chi connectivity index (χ1n) is 14.6. The Kier molecular flexibility index (Phi) is 9.84. The Morgan fingerprint density at radius 1 is 1.02 bits per heavy atom. The number of Topliss-reactive ketones (excluding diaryl/α,β-unsaturated/α-hetero) is 1. The minimum absolute atomic E-state index is 0.0133. The third-order valence-electron chi connectivity index (χ3n) is 8.46. The van der Waals surface area contributed by atoms with Crippen molar-refractivity contribution < 1.29 is 28.7 Å². The van der Waals surface area contributed by atoms with E-state index in [9.17, 15) is 19.2 Å². The van der Waals surface area contributed by atoms with Crippen LogP contribution in [0.1, 0.15) is 57.3 Å². The number of carbonyl (C=O) groups excluding carboxylic acids is 4. The van der Waals surface area contributed by atoms with Crippen LogP contribution in [0.5, 0.6) is 0 Å². The molecule has 5 atom stereocenters. The zero-order chi connectivity index (χ0) is 29.0. The van der Waals surface area contributed by atoms with Crippen LogP contribution < -0.4 is 10.2 Å². The van der Waals surface area contributed by atoms with Gasteiger partial charge in [0.2, 0.25) is 5.91 Å². The predicted molar refractivity (Wildman–Crippen MR) is 151 cm³/mol. The third-order valence-corrected chi connectivity index (χ3v) is 8.46. The van der Waals surface area contributed by atoms with Gasteiger partial charge in [0.1, 0.15) is 18.2 Å². The van der Waals surface area contributed by atoms with Crippen LogP contribution in [0.25, 0.3) is 0 Å². The number of nitrogens with zero attached hydrogens (tertiary/aromatic N) is 3. The van der Waals surface area contributed by atoms with Crippen LogP contribution in [-0.4, -0.2) is 104 Å². The molecule has 0 saturated carbocycles. The fraction of sp³-hybridized carbons (Fsp3) is 0.667. The number of nitrogens with one attached hydrogen (secondary N) is 1. The molecule has 3 amide bonds. The quantitative estimate of drug-likeness (QED) is 0.470. The Morgan fingerprint density at radius 2 is 1.70 bits per heavy atom. The van der Waals surface area contributed by atoms with Crippen LogP contribution in [-0.2, 0) is 23.9 Å². The van der Waals surface area contributed by atoms with Crippen LogP contribution in [0.2, 0.25) is 0 Å². The van der Waals surface area contributed by atoms with E-state index in [1.807, 2.05) is 39.8 Å². The number of ketones is 1. The Hall–Kier alpha value is -2.98. The van der Waals surface area contributed by atoms with E-state index in [4.69, 9.17) is 9.47 Å². The molecule has 0 radical (unpaired) electrons. The molecule has 0 bridgehead atoms. The minimum Gasteiger partial charge on any atom is -0.378 e. The number of likely N-dealkylation sites (tertiary alicyclic amines) is 2. The average Bonchev–Trinajstić information content (AvgIpc) is 3.54. The van der Waals surface area contributed by atoms with Crippen molar-refractivity contribution in [2.45, 2.75) is 71.2 Å². The van der Waals surface area contributed by atoms with Crippen molar-refractivity contribution in [2.75, 3.05) is 51.4 Å². The Bertz CT molecular complexity index is 1070. The summed E-state index contributed by atoms with van der Waals surface area (Å²) in [4.78, 5) is 58.9. The van der Waals surface area contributed by atoms with Crippen LogP contribution in [0.3, 0.4) is 0 Å². The molecule has 0 spiro atoms. The molecule has 0 aliphatic carbocycles. The molecule has 220 valence electrons. The van der Waals surface area contributed by atoms with Crippen LogP contribution in [0, 0.1) is 11.8 Å². The molecule has 1 aromatic rings. The van der Waals surface area contributed by atoms with Crippen molar-refractivity contribution in [1.29, 1.82) is 0 Å². The van der Waals surface area contributed by atoms with Gasteiger partial charge in [0, 0.05) is 38.0 Å². The molecule has 3 heterocycles. The summed E-state index contributed by atoms with van der Waals surface area (Å²) in [6.07, 6.45) is 1.12. The van der Waals surface area contributed by atoms with Crippen LogP contribution >= 0.6 is 0 Å². The fourth-order valence-electron chi connectivity index (χ4n) is 6.09. The average molecular weight is 557 g/mol. The topological polar surface area (TPSA) is 108 Å². The van der Waals surface area contributed by atoms with Gasteiger partial charge in [0.15, 0.2) is 5.78 Å². The molecular formula is C30H44N4O6. The van der Waals surface area contributed by atoms with E-state index in [0.717, 1.165) is 25.2 Å². The highest BCUT2D eigenvalue weighted by atomic mass is 16.5. The highest BCUT2D eigenvalue weighted by molar-refractivity contribution is 6.01. The van der Waals surface area contributed by atoms with Gasteiger partial charge in [-0.25, -0.2) is 0 Å². The second-order valence-electron chi connectivity index (χ2n) is 11.6. The lowest BCUT2D eigenvalue weighted by atomic mass is 10.00. The minimum atomic E-state index is -0.769. The van der Waals surface area contributed by atoms with Crippen molar-refractivity contribution in [3.05, 3.63) is 29.8 Å². The van der Waals surface area contributed by atoms with Gasteiger partial charge in [-0.15, -0.1) is 0 Å². The molecular weight excluding hydrogens is 512 g/mol. The number of hydrogen-bond donors (Lipinski definition) is 1. The molecule has 40 heavy (non-hydrogen) atoms. The number of amides is 3. The van der Waals surface area contributed by atoms with E-state index in [-0.39, 0.29) is 47.9 Å². The van der Waals surface area contributed by atoms with Crippen molar-refractivity contribution in [2.24, 2.45) is 11.8 Å². The van der Waals surface area contributed by atoms with Crippen molar-refractivity contribution in [3.63, 3.8) is 0 Å². The van der Waals surface area contributed by atoms with Gasteiger partial charge in [0.25, 0.3) is 11.8 Å². The van der Waals surface area contributed by atoms with E-state index in [1.54, 1.807) is 21.9 Å². The van der Waals surface area contributed by atoms with Gasteiger partial charge in [-0.2, -0.15) is 0 Å². The summed E-state index contributed by atoms with van der Waals surface area (Å²) in [5.41, 5.74) is 1.50. The lowest BCUT2D eigenvalue weighted by Crippen LogP contribution is -2.53. The summed E-state index contributed by atoms with van der Waals surface area (Å²) >= 11 is 0. The third kappa shape index (κ3) is 6.33. The van der Waals surface area contributed by atoms with Gasteiger partial charge in [-0.3, -0.25) is 19.2 Å². The number of carbonyl (C=O) groups is 4. The molecule has 5 unspecified atom stereocenters. The fourth-order valence-corrected chi connectivity index (χ4v) is 6.09. The highest BCUT2D eigenvalue weighted by Crippen LogP contribution is 2.32. The van der Waals surface area contributed by atoms with Gasteiger partial charge >= 0.3 is 0 Å². The first-order valence-corrected chi connectivity index (χ1v) is 14.6. The number of hydrogen-bond acceptors (Lipinski definition) is 7. The summed E-state index contributed by atoms with van der Waals surface area (Å²) in [6, 6.07) is 5.56. The van der Waals surface area contributed by atoms with Gasteiger partial charge < -0.3 is 29.5 Å². The van der Waals surface area contributed by atoms with Gasteiger partial charge in [-0.05, 0) is 48.9 Å². The largest absolute Gasteiger partial charge is 0.378 e. The number of anilines is 1. The van der Waals surface area contributed by atoms with E-state index in [2.05, 4.69) is 10.2 Å². The van der Waals surface area contributed by atoms with Crippen molar-refractivity contribution >= 4 is 29.2 Å². The number of methoxy groups -OCH3 is 1. The normalized spacial score (nSPS) is 23.2. The maximum absolute atomic E-state index is 13.8. The molecule has 4 rings (SSSR count). The maximum atomic E-state index is 13.8. The van der Waals surface area contributed by atoms with E-state index < -0.39 is 18.2 Å². The summed E-state index contributed by atoms with van der Waals surface area (Å²) in [6.45, 7) is 11.3. The molecule has 1 N–H and O–H groups in total. The SMILES string of the molecule is CCC(C)C(OC)C(=O)N1CC(=O)C2C1CCN2C(=O)C(CC(C)C)NC(=O)c1ccc(N2CCOCC2)cc1. The van der Waals surface area contributed by atoms with Crippen LogP contribution in [0.4, 0.5) is 5.69 Å². The number of benzene rings is 1. The highest BCUT2D eigenvalue weighted by Gasteiger charge is 2.53. The zero-order valence-electron chi connectivity index (χ0n) is 24.4. The monoisotopic (exact) mass is 556 g/mol. The van der Waals surface area contributed by atoms with Crippen LogP contribution in [0.15, 0.2) is 24.3 Å². The lowest BCUT2D eigenvalue weighted by molar-refractivity contribution is -0.146. The number of morpholine rings is 1. The number of fused-ring (bicyclic) bond motifs is 1. The Balaban J connectivity index is 1.45. The first-order chi connectivity index (χ1) is 19.2. The van der Waals surface area contributed by atoms with E-state index in [0.29, 0.717) is 38.2 Å². The van der Waals surface area contributed by atoms with Gasteiger partial charge in [0.05, 0.1) is 25.8 Å². The van der Waals surface area contributed by atoms with E-state index >= 15 is 0 Å². The molecule has 10 nitrogen and oxygen atoms in total. The maximum Gasteiger partial charge on any atom is 0.252 e. The molecule has 3 fully saturated rings. The molecule has 3 aliphatic rings. The Labute approximate surface area is 237 Å². The molecule has 0 aromatic heterocycles. The second-order valence-corrected chi connectivity index (χ2v) is 11.6. The molecule has 10 heteroatoms. The summed E-state index contributed by atoms with van der Waals surface area (Å²) in [5, 5.41) is 2.94. The predicted octanol–water partition coefficient (Wildman–Crippen LogP) is 2.11.